The van der Waals surface area contributed by atoms with Gasteiger partial charge in [0.25, 0.3) is 5.91 Å². The van der Waals surface area contributed by atoms with Gasteiger partial charge in [0.1, 0.15) is 5.69 Å². The molecule has 1 heterocycles. The maximum atomic E-state index is 14.8. The molecule has 0 aliphatic heterocycles. The summed E-state index contributed by atoms with van der Waals surface area (Å²) in [6.07, 6.45) is 8.34. The number of unbranched alkanes of at least 4 members (excludes halogenated alkanes) is 1. The summed E-state index contributed by atoms with van der Waals surface area (Å²) in [5, 5.41) is 13.9. The molecule has 8 nitrogen and oxygen atoms in total. The highest BCUT2D eigenvalue weighted by molar-refractivity contribution is 5.96. The predicted octanol–water partition coefficient (Wildman–Crippen LogP) is 4.51. The third-order valence-corrected chi connectivity index (χ3v) is 7.79. The number of halogens is 1. The van der Waals surface area contributed by atoms with Crippen molar-refractivity contribution in [2.45, 2.75) is 57.5 Å². The average Bonchev–Trinajstić information content (AvgIpc) is 3.51. The number of aromatic nitrogens is 2. The Balaban J connectivity index is 1.59. The molecule has 3 atom stereocenters. The number of rotatable bonds is 15. The fourth-order valence-corrected chi connectivity index (χ4v) is 5.40. The lowest BCUT2D eigenvalue weighted by Crippen LogP contribution is -2.37. The molecule has 40 heavy (non-hydrogen) atoms. The van der Waals surface area contributed by atoms with Crippen LogP contribution in [0, 0.1) is 25.6 Å². The van der Waals surface area contributed by atoms with Crippen LogP contribution in [-0.2, 0) is 10.3 Å². The fraction of sp³-hybridized carbons (Fsp3) is 0.387. The third kappa shape index (κ3) is 6.25. The summed E-state index contributed by atoms with van der Waals surface area (Å²) in [4.78, 5) is 24.3. The molecule has 0 unspecified atom stereocenters. The van der Waals surface area contributed by atoms with Crippen LogP contribution in [0.5, 0.6) is 0 Å². The fourth-order valence-electron chi connectivity index (χ4n) is 5.40. The van der Waals surface area contributed by atoms with E-state index in [4.69, 9.17) is 5.73 Å². The molecule has 1 saturated carbocycles. The van der Waals surface area contributed by atoms with Crippen molar-refractivity contribution in [3.05, 3.63) is 89.5 Å². The Morgan fingerprint density at radius 2 is 2.08 bits per heavy atom. The van der Waals surface area contributed by atoms with Crippen molar-refractivity contribution in [3.63, 3.8) is 0 Å². The Hall–Kier alpha value is -3.98. The molecule has 0 radical (unpaired) electrons. The SMILES string of the molecule is C=C[C@H](CCN)Nc1cccc([C@@]2(NC(=O)c3cnn(-c4cccc(C)c4F)c3C)C[C@H]2CCCCNC=O)c1. The monoisotopic (exact) mass is 546 g/mol. The van der Waals surface area contributed by atoms with Crippen LogP contribution in [-0.4, -0.2) is 41.2 Å². The molecule has 3 aromatic rings. The topological polar surface area (TPSA) is 114 Å². The van der Waals surface area contributed by atoms with Gasteiger partial charge in [-0.15, -0.1) is 6.58 Å². The first kappa shape index (κ1) is 29.0. The molecular formula is C31H39FN6O2. The lowest BCUT2D eigenvalue weighted by atomic mass is 9.98. The number of hydrogen-bond acceptors (Lipinski definition) is 5. The summed E-state index contributed by atoms with van der Waals surface area (Å²) in [6.45, 7) is 8.56. The molecule has 1 aliphatic rings. The first-order valence-electron chi connectivity index (χ1n) is 13.8. The van der Waals surface area contributed by atoms with Crippen molar-refractivity contribution in [2.24, 2.45) is 11.7 Å². The summed E-state index contributed by atoms with van der Waals surface area (Å²) in [7, 11) is 0. The summed E-state index contributed by atoms with van der Waals surface area (Å²) in [5.41, 5.74) is 8.98. The summed E-state index contributed by atoms with van der Waals surface area (Å²) >= 11 is 0. The second-order valence-electron chi connectivity index (χ2n) is 10.5. The van der Waals surface area contributed by atoms with Crippen molar-refractivity contribution in [2.75, 3.05) is 18.4 Å². The predicted molar refractivity (Wildman–Crippen MR) is 156 cm³/mol. The number of carbonyl (C=O) groups excluding carboxylic acids is 2. The number of carbonyl (C=O) groups is 2. The van der Waals surface area contributed by atoms with Crippen molar-refractivity contribution in [1.82, 2.24) is 20.4 Å². The number of nitrogens with zero attached hydrogens (tertiary/aromatic N) is 2. The van der Waals surface area contributed by atoms with Crippen LogP contribution < -0.4 is 21.7 Å². The van der Waals surface area contributed by atoms with E-state index in [-0.39, 0.29) is 23.7 Å². The van der Waals surface area contributed by atoms with Crippen molar-refractivity contribution < 1.29 is 14.0 Å². The van der Waals surface area contributed by atoms with E-state index in [1.807, 2.05) is 24.3 Å². The zero-order valence-corrected chi connectivity index (χ0v) is 23.3. The van der Waals surface area contributed by atoms with E-state index in [0.29, 0.717) is 42.0 Å². The standard InChI is InChI=1S/C31H39FN6O2/c1-4-25(14-15-33)36-26-12-8-11-23(17-26)31(18-24(31)10-5-6-16-34-20-39)37-30(40)27-19-35-38(22(27)3)28-13-7-9-21(2)29(28)32/h4,7-9,11-13,17,19-20,24-25,36H,1,5-6,10,14-16,18,33H2,2-3H3,(H,34,39)(H,37,40)/t24-,25-,31+/m1/s1. The molecule has 1 fully saturated rings. The van der Waals surface area contributed by atoms with E-state index in [0.717, 1.165) is 43.4 Å². The Bertz CT molecular complexity index is 1360. The van der Waals surface area contributed by atoms with Gasteiger partial charge in [-0.2, -0.15) is 5.10 Å². The van der Waals surface area contributed by atoms with Gasteiger partial charge in [-0.3, -0.25) is 9.59 Å². The molecule has 1 aromatic heterocycles. The average molecular weight is 547 g/mol. The zero-order valence-electron chi connectivity index (χ0n) is 23.3. The maximum Gasteiger partial charge on any atom is 0.255 e. The minimum absolute atomic E-state index is 0.0432. The van der Waals surface area contributed by atoms with Crippen LogP contribution in [0.2, 0.25) is 0 Å². The summed E-state index contributed by atoms with van der Waals surface area (Å²) in [6, 6.07) is 13.3. The zero-order chi connectivity index (χ0) is 28.7. The second kappa shape index (κ2) is 12.9. The Labute approximate surface area is 235 Å². The van der Waals surface area contributed by atoms with E-state index in [1.54, 1.807) is 32.0 Å². The van der Waals surface area contributed by atoms with Gasteiger partial charge in [0, 0.05) is 18.3 Å². The largest absolute Gasteiger partial charge is 0.379 e. The number of benzene rings is 2. The van der Waals surface area contributed by atoms with Crippen LogP contribution in [0.4, 0.5) is 10.1 Å². The molecule has 0 bridgehead atoms. The smallest absolute Gasteiger partial charge is 0.255 e. The normalized spacial score (nSPS) is 18.6. The molecule has 5 N–H and O–H groups in total. The van der Waals surface area contributed by atoms with Gasteiger partial charge in [-0.25, -0.2) is 9.07 Å². The molecule has 2 amide bonds. The third-order valence-electron chi connectivity index (χ3n) is 7.79. The van der Waals surface area contributed by atoms with Gasteiger partial charge < -0.3 is 21.7 Å². The highest BCUT2D eigenvalue weighted by atomic mass is 19.1. The Kier molecular flexibility index (Phi) is 9.37. The van der Waals surface area contributed by atoms with Crippen LogP contribution in [0.3, 0.4) is 0 Å². The quantitative estimate of drug-likeness (QED) is 0.127. The highest BCUT2D eigenvalue weighted by Gasteiger charge is 2.56. The van der Waals surface area contributed by atoms with E-state index in [1.165, 1.54) is 10.9 Å². The number of anilines is 1. The maximum absolute atomic E-state index is 14.8. The minimum Gasteiger partial charge on any atom is -0.379 e. The van der Waals surface area contributed by atoms with Crippen LogP contribution >= 0.6 is 0 Å². The number of nitrogens with one attached hydrogen (secondary N) is 3. The number of aryl methyl sites for hydroxylation is 1. The molecule has 1 aliphatic carbocycles. The first-order chi connectivity index (χ1) is 19.3. The molecule has 4 rings (SSSR count). The van der Waals surface area contributed by atoms with Crippen LogP contribution in [0.25, 0.3) is 5.69 Å². The molecule has 9 heteroatoms. The van der Waals surface area contributed by atoms with Gasteiger partial charge in [0.2, 0.25) is 6.41 Å². The minimum atomic E-state index is -0.534. The molecular weight excluding hydrogens is 507 g/mol. The summed E-state index contributed by atoms with van der Waals surface area (Å²) in [5.74, 6) is -0.362. The van der Waals surface area contributed by atoms with E-state index in [9.17, 15) is 14.0 Å². The molecule has 2 aromatic carbocycles. The molecule has 0 spiro atoms. The lowest BCUT2D eigenvalue weighted by Gasteiger charge is -2.23. The van der Waals surface area contributed by atoms with Crippen molar-refractivity contribution in [1.29, 1.82) is 0 Å². The lowest BCUT2D eigenvalue weighted by molar-refractivity contribution is -0.109. The van der Waals surface area contributed by atoms with Gasteiger partial charge in [-0.05, 0) is 81.3 Å². The second-order valence-corrected chi connectivity index (χ2v) is 10.5. The highest BCUT2D eigenvalue weighted by Crippen LogP contribution is 2.55. The summed E-state index contributed by atoms with van der Waals surface area (Å²) < 4.78 is 16.3. The molecule has 212 valence electrons. The number of hydrogen-bond donors (Lipinski definition) is 4. The van der Waals surface area contributed by atoms with Gasteiger partial charge in [0.05, 0.1) is 23.0 Å². The van der Waals surface area contributed by atoms with Gasteiger partial charge in [-0.1, -0.05) is 36.8 Å². The van der Waals surface area contributed by atoms with Gasteiger partial charge in [0.15, 0.2) is 5.82 Å². The first-order valence-corrected chi connectivity index (χ1v) is 13.8. The molecule has 0 saturated heterocycles. The van der Waals surface area contributed by atoms with Crippen LogP contribution in [0.1, 0.15) is 59.3 Å². The number of amides is 2. The van der Waals surface area contributed by atoms with Crippen LogP contribution in [0.15, 0.2) is 61.3 Å². The van der Waals surface area contributed by atoms with Gasteiger partial charge >= 0.3 is 0 Å². The Morgan fingerprint density at radius 3 is 2.83 bits per heavy atom. The van der Waals surface area contributed by atoms with Crippen molar-refractivity contribution >= 4 is 18.0 Å². The van der Waals surface area contributed by atoms with E-state index < -0.39 is 5.54 Å². The van der Waals surface area contributed by atoms with E-state index in [2.05, 4.69) is 33.7 Å². The van der Waals surface area contributed by atoms with Crippen molar-refractivity contribution in [3.8, 4) is 5.69 Å². The van der Waals surface area contributed by atoms with E-state index >= 15 is 0 Å². The number of nitrogens with two attached hydrogens (primary N) is 1. The Morgan fingerprint density at radius 1 is 1.27 bits per heavy atom.